The van der Waals surface area contributed by atoms with Crippen molar-refractivity contribution in [3.05, 3.63) is 48.2 Å². The molecule has 4 heterocycles. The molecular formula is C20H25N7. The quantitative estimate of drug-likeness (QED) is 0.713. The van der Waals surface area contributed by atoms with Crippen LogP contribution in [-0.2, 0) is 7.05 Å². The molecular weight excluding hydrogens is 338 g/mol. The van der Waals surface area contributed by atoms with Crippen LogP contribution in [-0.4, -0.2) is 50.9 Å². The number of pyridine rings is 1. The highest BCUT2D eigenvalue weighted by atomic mass is 15.3. The molecule has 140 valence electrons. The van der Waals surface area contributed by atoms with E-state index in [-0.39, 0.29) is 0 Å². The van der Waals surface area contributed by atoms with Crippen LogP contribution in [0, 0.1) is 13.8 Å². The van der Waals surface area contributed by atoms with Crippen molar-refractivity contribution in [1.29, 1.82) is 0 Å². The Kier molecular flexibility index (Phi) is 4.75. The maximum absolute atomic E-state index is 4.83. The maximum atomic E-state index is 4.83. The zero-order valence-electron chi connectivity index (χ0n) is 16.1. The van der Waals surface area contributed by atoms with E-state index in [4.69, 9.17) is 4.98 Å². The third-order valence-corrected chi connectivity index (χ3v) is 4.96. The zero-order chi connectivity index (χ0) is 18.8. The minimum absolute atomic E-state index is 0.795. The average molecular weight is 363 g/mol. The third kappa shape index (κ3) is 3.77. The number of aromatic nitrogens is 5. The van der Waals surface area contributed by atoms with E-state index >= 15 is 0 Å². The molecule has 3 aromatic heterocycles. The lowest BCUT2D eigenvalue weighted by molar-refractivity contribution is 0.756. The van der Waals surface area contributed by atoms with E-state index in [1.54, 1.807) is 0 Å². The molecule has 0 saturated carbocycles. The topological polar surface area (TPSA) is 63.0 Å². The van der Waals surface area contributed by atoms with Crippen LogP contribution >= 0.6 is 0 Å². The van der Waals surface area contributed by atoms with Crippen molar-refractivity contribution >= 4 is 11.6 Å². The van der Waals surface area contributed by atoms with Crippen molar-refractivity contribution in [2.24, 2.45) is 7.05 Å². The van der Waals surface area contributed by atoms with E-state index in [1.165, 1.54) is 5.69 Å². The molecule has 7 nitrogen and oxygen atoms in total. The lowest BCUT2D eigenvalue weighted by Crippen LogP contribution is -2.31. The van der Waals surface area contributed by atoms with Gasteiger partial charge in [-0.25, -0.2) is 9.97 Å². The molecule has 7 heteroatoms. The fourth-order valence-corrected chi connectivity index (χ4v) is 3.60. The Morgan fingerprint density at radius 3 is 2.48 bits per heavy atom. The zero-order valence-corrected chi connectivity index (χ0v) is 16.1. The molecule has 1 fully saturated rings. The summed E-state index contributed by atoms with van der Waals surface area (Å²) < 4.78 is 1.83. The summed E-state index contributed by atoms with van der Waals surface area (Å²) in [5, 5.41) is 4.43. The van der Waals surface area contributed by atoms with Crippen LogP contribution < -0.4 is 9.80 Å². The van der Waals surface area contributed by atoms with Gasteiger partial charge in [0.1, 0.15) is 0 Å². The summed E-state index contributed by atoms with van der Waals surface area (Å²) in [4.78, 5) is 18.4. The predicted molar refractivity (Wildman–Crippen MR) is 107 cm³/mol. The second kappa shape index (κ2) is 7.34. The molecule has 1 aliphatic rings. The van der Waals surface area contributed by atoms with E-state index in [9.17, 15) is 0 Å². The lowest BCUT2D eigenvalue weighted by atomic mass is 10.2. The van der Waals surface area contributed by atoms with Crippen LogP contribution in [0.25, 0.3) is 11.3 Å². The molecule has 0 bridgehead atoms. The Morgan fingerprint density at radius 2 is 1.70 bits per heavy atom. The van der Waals surface area contributed by atoms with Gasteiger partial charge in [-0.05, 0) is 38.5 Å². The van der Waals surface area contributed by atoms with Crippen LogP contribution in [0.3, 0.4) is 0 Å². The monoisotopic (exact) mass is 363 g/mol. The number of nitrogens with zero attached hydrogens (tertiary/aromatic N) is 7. The van der Waals surface area contributed by atoms with E-state index in [2.05, 4.69) is 37.0 Å². The molecule has 0 aliphatic carbocycles. The molecule has 3 aromatic rings. The highest BCUT2D eigenvalue weighted by Gasteiger charge is 2.18. The highest BCUT2D eigenvalue weighted by molar-refractivity contribution is 5.62. The molecule has 1 aliphatic heterocycles. The maximum Gasteiger partial charge on any atom is 0.225 e. The summed E-state index contributed by atoms with van der Waals surface area (Å²) in [7, 11) is 1.93. The van der Waals surface area contributed by atoms with Crippen LogP contribution in [0.2, 0.25) is 0 Å². The number of hydrogen-bond acceptors (Lipinski definition) is 6. The van der Waals surface area contributed by atoms with Gasteiger partial charge in [0, 0.05) is 68.8 Å². The fraction of sp³-hybridized carbons (Fsp3) is 0.400. The van der Waals surface area contributed by atoms with Gasteiger partial charge in [-0.15, -0.1) is 0 Å². The number of aryl methyl sites for hydroxylation is 3. The van der Waals surface area contributed by atoms with Crippen molar-refractivity contribution < 1.29 is 0 Å². The van der Waals surface area contributed by atoms with Crippen LogP contribution in [0.15, 0.2) is 36.8 Å². The van der Waals surface area contributed by atoms with E-state index in [0.29, 0.717) is 0 Å². The van der Waals surface area contributed by atoms with Crippen molar-refractivity contribution in [2.45, 2.75) is 20.3 Å². The summed E-state index contributed by atoms with van der Waals surface area (Å²) in [6.45, 7) is 7.88. The van der Waals surface area contributed by atoms with Gasteiger partial charge in [-0.2, -0.15) is 5.10 Å². The van der Waals surface area contributed by atoms with Gasteiger partial charge in [0.2, 0.25) is 5.95 Å². The van der Waals surface area contributed by atoms with Crippen LogP contribution in [0.5, 0.6) is 0 Å². The Bertz CT molecular complexity index is 934. The first-order chi connectivity index (χ1) is 13.1. The SMILES string of the molecule is Cc1cc(N2CCCN(c3nccc(-c4cn(C)nc4C)n3)CC2)ccn1. The summed E-state index contributed by atoms with van der Waals surface area (Å²) >= 11 is 0. The standard InChI is InChI=1S/C20H25N7/c1-15-13-17(5-7-21-15)26-9-4-10-27(12-11-26)20-22-8-6-19(23-20)18-14-25(3)24-16(18)2/h5-8,13-14H,4,9-12H2,1-3H3. The van der Waals surface area contributed by atoms with Crippen molar-refractivity contribution in [1.82, 2.24) is 24.7 Å². The molecule has 27 heavy (non-hydrogen) atoms. The number of rotatable bonds is 3. The Balaban J connectivity index is 1.53. The summed E-state index contributed by atoms with van der Waals surface area (Å²) in [6.07, 6.45) is 6.81. The van der Waals surface area contributed by atoms with E-state index in [0.717, 1.165) is 61.2 Å². The van der Waals surface area contributed by atoms with Gasteiger partial charge in [-0.3, -0.25) is 9.67 Å². The second-order valence-electron chi connectivity index (χ2n) is 7.03. The molecule has 4 rings (SSSR count). The van der Waals surface area contributed by atoms with Gasteiger partial charge in [0.15, 0.2) is 0 Å². The van der Waals surface area contributed by atoms with E-state index < -0.39 is 0 Å². The summed E-state index contributed by atoms with van der Waals surface area (Å²) in [5.41, 5.74) is 5.26. The molecule has 0 N–H and O–H groups in total. The van der Waals surface area contributed by atoms with Gasteiger partial charge < -0.3 is 9.80 Å². The normalized spacial score (nSPS) is 15.1. The number of anilines is 2. The molecule has 0 amide bonds. The van der Waals surface area contributed by atoms with Crippen molar-refractivity contribution in [2.75, 3.05) is 36.0 Å². The Labute approximate surface area is 159 Å². The Morgan fingerprint density at radius 1 is 0.926 bits per heavy atom. The number of hydrogen-bond donors (Lipinski definition) is 0. The molecule has 0 aromatic carbocycles. The summed E-state index contributed by atoms with van der Waals surface area (Å²) in [5.74, 6) is 0.795. The largest absolute Gasteiger partial charge is 0.370 e. The first-order valence-corrected chi connectivity index (χ1v) is 9.36. The molecule has 0 unspecified atom stereocenters. The smallest absolute Gasteiger partial charge is 0.225 e. The van der Waals surface area contributed by atoms with Crippen LogP contribution in [0.4, 0.5) is 11.6 Å². The van der Waals surface area contributed by atoms with Gasteiger partial charge in [0.05, 0.1) is 11.4 Å². The van der Waals surface area contributed by atoms with E-state index in [1.807, 2.05) is 50.2 Å². The fourth-order valence-electron chi connectivity index (χ4n) is 3.60. The molecule has 1 saturated heterocycles. The molecule has 0 spiro atoms. The first-order valence-electron chi connectivity index (χ1n) is 9.36. The van der Waals surface area contributed by atoms with Crippen molar-refractivity contribution in [3.63, 3.8) is 0 Å². The van der Waals surface area contributed by atoms with Gasteiger partial charge in [0.25, 0.3) is 0 Å². The molecule has 0 radical (unpaired) electrons. The third-order valence-electron chi connectivity index (χ3n) is 4.96. The second-order valence-corrected chi connectivity index (χ2v) is 7.03. The van der Waals surface area contributed by atoms with Gasteiger partial charge >= 0.3 is 0 Å². The first kappa shape index (κ1) is 17.5. The Hall–Kier alpha value is -2.96. The van der Waals surface area contributed by atoms with Gasteiger partial charge in [-0.1, -0.05) is 0 Å². The summed E-state index contributed by atoms with van der Waals surface area (Å²) in [6, 6.07) is 6.19. The lowest BCUT2D eigenvalue weighted by Gasteiger charge is -2.24. The minimum Gasteiger partial charge on any atom is -0.370 e. The predicted octanol–water partition coefficient (Wildman–Crippen LogP) is 2.61. The average Bonchev–Trinajstić information content (AvgIpc) is 2.86. The highest BCUT2D eigenvalue weighted by Crippen LogP contribution is 2.23. The minimum atomic E-state index is 0.795. The molecule has 0 atom stereocenters. The van der Waals surface area contributed by atoms with Crippen molar-refractivity contribution in [3.8, 4) is 11.3 Å². The van der Waals surface area contributed by atoms with Crippen LogP contribution in [0.1, 0.15) is 17.8 Å².